The van der Waals surface area contributed by atoms with Gasteiger partial charge in [0.1, 0.15) is 12.1 Å². The SMILES string of the molecule is C=CC(=O)N1CC(c2cc3c(Nc4cccc(F)c4F)ncnc3cn2)C1. The van der Waals surface area contributed by atoms with E-state index in [1.807, 2.05) is 6.07 Å². The molecule has 0 unspecified atom stereocenters. The molecule has 136 valence electrons. The summed E-state index contributed by atoms with van der Waals surface area (Å²) in [5, 5.41) is 3.46. The van der Waals surface area contributed by atoms with Crippen molar-refractivity contribution in [2.24, 2.45) is 0 Å². The molecule has 0 radical (unpaired) electrons. The Hall–Kier alpha value is -3.42. The number of fused-ring (bicyclic) bond motifs is 1. The van der Waals surface area contributed by atoms with Gasteiger partial charge in [0, 0.05) is 30.1 Å². The highest BCUT2D eigenvalue weighted by Gasteiger charge is 2.31. The first-order valence-corrected chi connectivity index (χ1v) is 8.30. The third-order valence-electron chi connectivity index (χ3n) is 4.53. The molecule has 0 saturated carbocycles. The molecule has 6 nitrogen and oxygen atoms in total. The molecule has 3 aromatic rings. The van der Waals surface area contributed by atoms with E-state index in [2.05, 4.69) is 26.8 Å². The molecule has 1 saturated heterocycles. The third kappa shape index (κ3) is 3.10. The minimum Gasteiger partial charge on any atom is -0.338 e. The second-order valence-electron chi connectivity index (χ2n) is 6.22. The highest BCUT2D eigenvalue weighted by Crippen LogP contribution is 2.30. The van der Waals surface area contributed by atoms with Crippen LogP contribution in [0.5, 0.6) is 0 Å². The van der Waals surface area contributed by atoms with Crippen molar-refractivity contribution in [2.75, 3.05) is 18.4 Å². The summed E-state index contributed by atoms with van der Waals surface area (Å²) in [5.41, 5.74) is 1.35. The number of anilines is 2. The molecular weight excluding hydrogens is 352 g/mol. The van der Waals surface area contributed by atoms with Crippen molar-refractivity contribution in [3.63, 3.8) is 0 Å². The maximum atomic E-state index is 14.0. The van der Waals surface area contributed by atoms with Crippen molar-refractivity contribution < 1.29 is 13.6 Å². The van der Waals surface area contributed by atoms with Crippen molar-refractivity contribution in [3.8, 4) is 0 Å². The van der Waals surface area contributed by atoms with Gasteiger partial charge in [0.05, 0.1) is 17.4 Å². The van der Waals surface area contributed by atoms with Crippen LogP contribution >= 0.6 is 0 Å². The molecule has 1 aliphatic rings. The Morgan fingerprint density at radius 1 is 1.26 bits per heavy atom. The normalized spacial score (nSPS) is 14.1. The average molecular weight is 367 g/mol. The van der Waals surface area contributed by atoms with E-state index in [9.17, 15) is 13.6 Å². The Morgan fingerprint density at radius 2 is 2.07 bits per heavy atom. The van der Waals surface area contributed by atoms with Crippen LogP contribution in [-0.2, 0) is 4.79 Å². The number of nitrogens with one attached hydrogen (secondary N) is 1. The van der Waals surface area contributed by atoms with Gasteiger partial charge in [-0.3, -0.25) is 9.78 Å². The van der Waals surface area contributed by atoms with E-state index >= 15 is 0 Å². The maximum Gasteiger partial charge on any atom is 0.245 e. The second kappa shape index (κ2) is 6.71. The minimum absolute atomic E-state index is 0.0141. The van der Waals surface area contributed by atoms with Gasteiger partial charge >= 0.3 is 0 Å². The van der Waals surface area contributed by atoms with E-state index < -0.39 is 11.6 Å². The topological polar surface area (TPSA) is 71.0 Å². The number of aromatic nitrogens is 3. The van der Waals surface area contributed by atoms with Crippen LogP contribution in [0.4, 0.5) is 20.3 Å². The van der Waals surface area contributed by atoms with Crippen LogP contribution in [-0.4, -0.2) is 38.8 Å². The monoisotopic (exact) mass is 367 g/mol. The van der Waals surface area contributed by atoms with Gasteiger partial charge < -0.3 is 10.2 Å². The number of pyridine rings is 1. The van der Waals surface area contributed by atoms with E-state index in [1.54, 1.807) is 11.1 Å². The summed E-state index contributed by atoms with van der Waals surface area (Å²) in [5.74, 6) is -1.58. The standard InChI is InChI=1S/C19H15F2N5O/c1-2-17(27)26-8-11(9-26)15-6-12-16(7-22-15)23-10-24-19(12)25-14-5-3-4-13(20)18(14)21/h2-7,10-11H,1,8-9H2,(H,23,24,25). The molecule has 27 heavy (non-hydrogen) atoms. The number of hydrogen-bond donors (Lipinski definition) is 1. The van der Waals surface area contributed by atoms with Crippen molar-refractivity contribution in [2.45, 2.75) is 5.92 Å². The molecule has 2 aromatic heterocycles. The molecule has 1 fully saturated rings. The maximum absolute atomic E-state index is 14.0. The Balaban J connectivity index is 1.65. The van der Waals surface area contributed by atoms with Crippen molar-refractivity contribution >= 4 is 28.3 Å². The van der Waals surface area contributed by atoms with Crippen LogP contribution in [0.15, 0.2) is 49.4 Å². The molecule has 0 spiro atoms. The summed E-state index contributed by atoms with van der Waals surface area (Å²) in [7, 11) is 0. The molecule has 4 rings (SSSR count). The van der Waals surface area contributed by atoms with Crippen molar-refractivity contribution in [1.29, 1.82) is 0 Å². The Morgan fingerprint density at radius 3 is 2.85 bits per heavy atom. The number of rotatable bonds is 4. The lowest BCUT2D eigenvalue weighted by Gasteiger charge is -2.38. The molecule has 8 heteroatoms. The van der Waals surface area contributed by atoms with E-state index in [-0.39, 0.29) is 17.5 Å². The number of halogens is 2. The molecule has 1 N–H and O–H groups in total. The molecule has 1 amide bonds. The predicted molar refractivity (Wildman–Crippen MR) is 96.5 cm³/mol. The largest absolute Gasteiger partial charge is 0.338 e. The summed E-state index contributed by atoms with van der Waals surface area (Å²) >= 11 is 0. The van der Waals surface area contributed by atoms with Gasteiger partial charge in [-0.25, -0.2) is 18.7 Å². The molecule has 0 aliphatic carbocycles. The third-order valence-corrected chi connectivity index (χ3v) is 4.53. The lowest BCUT2D eigenvalue weighted by molar-refractivity contribution is -0.130. The molecule has 0 bridgehead atoms. The van der Waals surface area contributed by atoms with Gasteiger partial charge in [0.15, 0.2) is 11.6 Å². The second-order valence-corrected chi connectivity index (χ2v) is 6.22. The van der Waals surface area contributed by atoms with E-state index in [4.69, 9.17) is 0 Å². The number of likely N-dealkylation sites (tertiary alicyclic amines) is 1. The predicted octanol–water partition coefficient (Wildman–Crippen LogP) is 3.16. The fraction of sp³-hybridized carbons (Fsp3) is 0.158. The zero-order valence-corrected chi connectivity index (χ0v) is 14.2. The van der Waals surface area contributed by atoms with Crippen molar-refractivity contribution in [3.05, 3.63) is 66.8 Å². The van der Waals surface area contributed by atoms with Gasteiger partial charge in [-0.1, -0.05) is 12.6 Å². The number of nitrogens with zero attached hydrogens (tertiary/aromatic N) is 4. The van der Waals surface area contributed by atoms with Gasteiger partial charge in [0.2, 0.25) is 5.91 Å². The highest BCUT2D eigenvalue weighted by molar-refractivity contribution is 5.91. The van der Waals surface area contributed by atoms with Gasteiger partial charge in [0.25, 0.3) is 0 Å². The van der Waals surface area contributed by atoms with E-state index in [0.717, 1.165) is 11.8 Å². The molecule has 3 heterocycles. The number of carbonyl (C=O) groups is 1. The lowest BCUT2D eigenvalue weighted by atomic mass is 9.95. The Kier molecular flexibility index (Phi) is 4.23. The van der Waals surface area contributed by atoms with E-state index in [0.29, 0.717) is 29.8 Å². The van der Waals surface area contributed by atoms with Crippen LogP contribution in [0.25, 0.3) is 10.9 Å². The fourth-order valence-corrected chi connectivity index (χ4v) is 3.00. The number of amides is 1. The first kappa shape index (κ1) is 17.0. The zero-order valence-electron chi connectivity index (χ0n) is 14.2. The molecule has 1 aliphatic heterocycles. The summed E-state index contributed by atoms with van der Waals surface area (Å²) in [4.78, 5) is 26.0. The van der Waals surface area contributed by atoms with Crippen LogP contribution in [0.3, 0.4) is 0 Å². The van der Waals surface area contributed by atoms with Crippen LogP contribution < -0.4 is 5.32 Å². The summed E-state index contributed by atoms with van der Waals surface area (Å²) < 4.78 is 27.4. The first-order chi connectivity index (χ1) is 13.1. The summed E-state index contributed by atoms with van der Waals surface area (Å²) in [6, 6.07) is 5.71. The van der Waals surface area contributed by atoms with Gasteiger partial charge in [-0.2, -0.15) is 0 Å². The molecule has 1 aromatic carbocycles. The fourth-order valence-electron chi connectivity index (χ4n) is 3.00. The quantitative estimate of drug-likeness (QED) is 0.718. The van der Waals surface area contributed by atoms with Gasteiger partial charge in [-0.15, -0.1) is 0 Å². The van der Waals surface area contributed by atoms with Crippen LogP contribution in [0, 0.1) is 11.6 Å². The summed E-state index contributed by atoms with van der Waals surface area (Å²) in [6.45, 7) is 4.59. The Bertz CT molecular complexity index is 1050. The average Bonchev–Trinajstić information content (AvgIpc) is 2.64. The number of carbonyl (C=O) groups excluding carboxylic acids is 1. The van der Waals surface area contributed by atoms with Crippen molar-refractivity contribution in [1.82, 2.24) is 19.9 Å². The van der Waals surface area contributed by atoms with Crippen LogP contribution in [0.2, 0.25) is 0 Å². The smallest absolute Gasteiger partial charge is 0.245 e. The molecular formula is C19H15F2N5O. The van der Waals surface area contributed by atoms with E-state index in [1.165, 1.54) is 24.5 Å². The molecule has 0 atom stereocenters. The minimum atomic E-state index is -0.976. The number of hydrogen-bond acceptors (Lipinski definition) is 5. The first-order valence-electron chi connectivity index (χ1n) is 8.30. The van der Waals surface area contributed by atoms with Crippen LogP contribution in [0.1, 0.15) is 11.6 Å². The highest BCUT2D eigenvalue weighted by atomic mass is 19.2. The zero-order chi connectivity index (χ0) is 19.0. The number of benzene rings is 1. The van der Waals surface area contributed by atoms with Gasteiger partial charge in [-0.05, 0) is 24.3 Å². The lowest BCUT2D eigenvalue weighted by Crippen LogP contribution is -2.48. The Labute approximate surface area is 153 Å². The summed E-state index contributed by atoms with van der Waals surface area (Å²) in [6.07, 6.45) is 4.22.